The maximum atomic E-state index is 12.5. The Morgan fingerprint density at radius 3 is 2.42 bits per heavy atom. The molecule has 0 saturated carbocycles. The summed E-state index contributed by atoms with van der Waals surface area (Å²) in [5.41, 5.74) is 7.86. The Labute approximate surface area is 140 Å². The Bertz CT molecular complexity index is 737. The van der Waals surface area contributed by atoms with E-state index in [1.165, 1.54) is 0 Å². The number of benzene rings is 2. The van der Waals surface area contributed by atoms with Gasteiger partial charge in [-0.15, -0.1) is 0 Å². The van der Waals surface area contributed by atoms with Crippen LogP contribution in [0.4, 0.5) is 11.4 Å². The van der Waals surface area contributed by atoms with Crippen molar-refractivity contribution in [2.24, 2.45) is 0 Å². The molecule has 0 bridgehead atoms. The minimum absolute atomic E-state index is 0.0538. The third-order valence-electron chi connectivity index (χ3n) is 3.84. The van der Waals surface area contributed by atoms with Gasteiger partial charge in [0.2, 0.25) is 0 Å². The Kier molecular flexibility index (Phi) is 4.77. The van der Waals surface area contributed by atoms with Crippen molar-refractivity contribution < 1.29 is 14.3 Å². The Hall–Kier alpha value is -2.86. The second-order valence-electron chi connectivity index (χ2n) is 5.56. The van der Waals surface area contributed by atoms with Crippen LogP contribution in [-0.4, -0.2) is 43.0 Å². The molecule has 1 aliphatic heterocycles. The first-order valence-corrected chi connectivity index (χ1v) is 7.77. The van der Waals surface area contributed by atoms with E-state index in [0.717, 1.165) is 0 Å². The summed E-state index contributed by atoms with van der Waals surface area (Å²) in [7, 11) is 0. The van der Waals surface area contributed by atoms with E-state index in [-0.39, 0.29) is 11.8 Å². The second-order valence-corrected chi connectivity index (χ2v) is 5.56. The zero-order valence-corrected chi connectivity index (χ0v) is 13.2. The number of morpholine rings is 1. The molecule has 3 rings (SSSR count). The van der Waals surface area contributed by atoms with Gasteiger partial charge in [-0.05, 0) is 42.5 Å². The fraction of sp³-hybridized carbons (Fsp3) is 0.222. The highest BCUT2D eigenvalue weighted by Gasteiger charge is 2.18. The standard InChI is InChI=1S/C18H19N3O3/c19-15-6-4-13(5-7-15)17(22)20-16-3-1-2-14(12-16)18(23)21-8-10-24-11-9-21/h1-7,12H,8-11,19H2,(H,20,22). The van der Waals surface area contributed by atoms with E-state index in [1.807, 2.05) is 0 Å². The van der Waals surface area contributed by atoms with Crippen molar-refractivity contribution in [3.8, 4) is 0 Å². The predicted octanol–water partition coefficient (Wildman–Crippen LogP) is 1.99. The van der Waals surface area contributed by atoms with Crippen molar-refractivity contribution in [2.75, 3.05) is 37.4 Å². The Morgan fingerprint density at radius 2 is 1.71 bits per heavy atom. The normalized spacial score (nSPS) is 14.2. The smallest absolute Gasteiger partial charge is 0.255 e. The van der Waals surface area contributed by atoms with Gasteiger partial charge < -0.3 is 20.7 Å². The van der Waals surface area contributed by atoms with E-state index in [4.69, 9.17) is 10.5 Å². The monoisotopic (exact) mass is 325 g/mol. The van der Waals surface area contributed by atoms with Crippen LogP contribution in [0.5, 0.6) is 0 Å². The summed E-state index contributed by atoms with van der Waals surface area (Å²) in [5.74, 6) is -0.298. The van der Waals surface area contributed by atoms with Crippen molar-refractivity contribution >= 4 is 23.2 Å². The molecule has 0 aromatic heterocycles. The maximum Gasteiger partial charge on any atom is 0.255 e. The lowest BCUT2D eigenvalue weighted by Gasteiger charge is -2.27. The maximum absolute atomic E-state index is 12.5. The molecule has 2 aromatic rings. The molecule has 0 spiro atoms. The first-order valence-electron chi connectivity index (χ1n) is 7.77. The predicted molar refractivity (Wildman–Crippen MR) is 92.0 cm³/mol. The fourth-order valence-corrected chi connectivity index (χ4v) is 2.52. The number of anilines is 2. The number of nitrogen functional groups attached to an aromatic ring is 1. The van der Waals surface area contributed by atoms with Gasteiger partial charge in [-0.1, -0.05) is 6.07 Å². The van der Waals surface area contributed by atoms with Crippen LogP contribution < -0.4 is 11.1 Å². The van der Waals surface area contributed by atoms with Gasteiger partial charge in [-0.2, -0.15) is 0 Å². The van der Waals surface area contributed by atoms with Gasteiger partial charge in [0, 0.05) is 35.6 Å². The Morgan fingerprint density at radius 1 is 1.00 bits per heavy atom. The van der Waals surface area contributed by atoms with Crippen LogP contribution in [0.2, 0.25) is 0 Å². The van der Waals surface area contributed by atoms with Gasteiger partial charge in [0.15, 0.2) is 0 Å². The van der Waals surface area contributed by atoms with Gasteiger partial charge in [-0.3, -0.25) is 9.59 Å². The van der Waals surface area contributed by atoms with Gasteiger partial charge in [-0.25, -0.2) is 0 Å². The quantitative estimate of drug-likeness (QED) is 0.845. The number of rotatable bonds is 3. The molecular weight excluding hydrogens is 306 g/mol. The summed E-state index contributed by atoms with van der Waals surface area (Å²) < 4.78 is 5.26. The highest BCUT2D eigenvalue weighted by Crippen LogP contribution is 2.15. The lowest BCUT2D eigenvalue weighted by molar-refractivity contribution is 0.0303. The number of ether oxygens (including phenoxy) is 1. The van der Waals surface area contributed by atoms with Gasteiger partial charge in [0.1, 0.15) is 0 Å². The molecule has 2 aromatic carbocycles. The molecule has 2 amide bonds. The second kappa shape index (κ2) is 7.14. The van der Waals surface area contributed by atoms with Gasteiger partial charge in [0.25, 0.3) is 11.8 Å². The molecule has 3 N–H and O–H groups in total. The van der Waals surface area contributed by atoms with E-state index in [0.29, 0.717) is 48.8 Å². The summed E-state index contributed by atoms with van der Waals surface area (Å²) in [6.45, 7) is 2.28. The first-order chi connectivity index (χ1) is 11.6. The van der Waals surface area contributed by atoms with Crippen molar-refractivity contribution in [3.05, 3.63) is 59.7 Å². The van der Waals surface area contributed by atoms with E-state index in [9.17, 15) is 9.59 Å². The number of carbonyl (C=O) groups is 2. The molecule has 0 atom stereocenters. The number of nitrogens with one attached hydrogen (secondary N) is 1. The summed E-state index contributed by atoms with van der Waals surface area (Å²) in [6.07, 6.45) is 0. The van der Waals surface area contributed by atoms with Crippen LogP contribution in [0, 0.1) is 0 Å². The number of hydrogen-bond donors (Lipinski definition) is 2. The number of nitrogens with zero attached hydrogens (tertiary/aromatic N) is 1. The van der Waals surface area contributed by atoms with Crippen molar-refractivity contribution in [1.82, 2.24) is 4.90 Å². The molecule has 6 heteroatoms. The number of carbonyl (C=O) groups excluding carboxylic acids is 2. The molecule has 24 heavy (non-hydrogen) atoms. The topological polar surface area (TPSA) is 84.7 Å². The van der Waals surface area contributed by atoms with Crippen LogP contribution in [0.25, 0.3) is 0 Å². The summed E-state index contributed by atoms with van der Waals surface area (Å²) in [4.78, 5) is 26.5. The zero-order valence-electron chi connectivity index (χ0n) is 13.2. The summed E-state index contributed by atoms with van der Waals surface area (Å²) in [5, 5.41) is 2.80. The van der Waals surface area contributed by atoms with Crippen LogP contribution >= 0.6 is 0 Å². The highest BCUT2D eigenvalue weighted by molar-refractivity contribution is 6.05. The number of amides is 2. The summed E-state index contributed by atoms with van der Waals surface area (Å²) >= 11 is 0. The van der Waals surface area contributed by atoms with Gasteiger partial charge >= 0.3 is 0 Å². The zero-order chi connectivity index (χ0) is 16.9. The molecule has 0 radical (unpaired) electrons. The number of nitrogens with two attached hydrogens (primary N) is 1. The molecular formula is C18H19N3O3. The molecule has 1 saturated heterocycles. The largest absolute Gasteiger partial charge is 0.399 e. The van der Waals surface area contributed by atoms with Crippen LogP contribution in [-0.2, 0) is 4.74 Å². The first kappa shape index (κ1) is 16.0. The van der Waals surface area contributed by atoms with Crippen molar-refractivity contribution in [1.29, 1.82) is 0 Å². The molecule has 1 fully saturated rings. The van der Waals surface area contributed by atoms with Crippen LogP contribution in [0.3, 0.4) is 0 Å². The lowest BCUT2D eigenvalue weighted by Crippen LogP contribution is -2.40. The van der Waals surface area contributed by atoms with E-state index in [2.05, 4.69) is 5.32 Å². The molecule has 124 valence electrons. The van der Waals surface area contributed by atoms with Crippen molar-refractivity contribution in [2.45, 2.75) is 0 Å². The molecule has 1 aliphatic rings. The average Bonchev–Trinajstić information content (AvgIpc) is 2.62. The van der Waals surface area contributed by atoms with E-state index in [1.54, 1.807) is 53.4 Å². The van der Waals surface area contributed by atoms with E-state index >= 15 is 0 Å². The van der Waals surface area contributed by atoms with E-state index < -0.39 is 0 Å². The van der Waals surface area contributed by atoms with Gasteiger partial charge in [0.05, 0.1) is 13.2 Å². The number of hydrogen-bond acceptors (Lipinski definition) is 4. The minimum Gasteiger partial charge on any atom is -0.399 e. The Balaban J connectivity index is 1.71. The average molecular weight is 325 g/mol. The van der Waals surface area contributed by atoms with Crippen LogP contribution in [0.15, 0.2) is 48.5 Å². The summed E-state index contributed by atoms with van der Waals surface area (Å²) in [6, 6.07) is 13.6. The molecule has 1 heterocycles. The fourth-order valence-electron chi connectivity index (χ4n) is 2.52. The third kappa shape index (κ3) is 3.72. The molecule has 0 aliphatic carbocycles. The van der Waals surface area contributed by atoms with Crippen LogP contribution in [0.1, 0.15) is 20.7 Å². The molecule has 6 nitrogen and oxygen atoms in total. The van der Waals surface area contributed by atoms with Crippen molar-refractivity contribution in [3.63, 3.8) is 0 Å². The third-order valence-corrected chi connectivity index (χ3v) is 3.84. The SMILES string of the molecule is Nc1ccc(C(=O)Nc2cccc(C(=O)N3CCOCC3)c2)cc1. The molecule has 0 unspecified atom stereocenters. The lowest BCUT2D eigenvalue weighted by atomic mass is 10.1. The highest BCUT2D eigenvalue weighted by atomic mass is 16.5. The minimum atomic E-state index is -0.244.